The molecule has 1 atom stereocenters. The number of carbonyl (C=O) groups is 2. The highest BCUT2D eigenvalue weighted by Crippen LogP contribution is 2.40. The minimum atomic E-state index is -4.69. The highest BCUT2D eigenvalue weighted by molar-refractivity contribution is 6.27. The second-order valence-corrected chi connectivity index (χ2v) is 15.5. The Morgan fingerprint density at radius 1 is 0.770 bits per heavy atom. The summed E-state index contributed by atoms with van der Waals surface area (Å²) in [5.74, 6) is -1.20. The number of ketones is 1. The second kappa shape index (κ2) is 18.4. The molecule has 61 heavy (non-hydrogen) atoms. The number of aryl methyl sites for hydroxylation is 3. The van der Waals surface area contributed by atoms with E-state index in [2.05, 4.69) is 23.6 Å². The fraction of sp³-hybridized carbons (Fsp3) is 0.354. The molecule has 0 saturated heterocycles. The Bertz CT molecular complexity index is 2600. The molecule has 0 bridgehead atoms. The smallest absolute Gasteiger partial charge is 0.422 e. The van der Waals surface area contributed by atoms with Crippen LogP contribution in [0.15, 0.2) is 84.0 Å². The summed E-state index contributed by atoms with van der Waals surface area (Å²) in [7, 11) is 0. The Morgan fingerprint density at radius 3 is 2.11 bits per heavy atom. The number of oxime groups is 1. The SMILES string of the molecule is CCCCC(CC)Cn1c2ccc(/C(=N\OC(C)=O)c3ccc(OCC(F)(F)F)cc3OCCC(F)(F)F)cc2c2cc(C(=O)c3c(C)cc(C)cc3C)c3ccccc3c21. The molecule has 1 unspecified atom stereocenters. The Kier molecular flexibility index (Phi) is 13.5. The summed E-state index contributed by atoms with van der Waals surface area (Å²) in [6.45, 7) is 9.43. The molecule has 0 amide bonds. The van der Waals surface area contributed by atoms with Gasteiger partial charge in [-0.1, -0.05) is 86.3 Å². The van der Waals surface area contributed by atoms with Crippen molar-refractivity contribution in [1.29, 1.82) is 0 Å². The van der Waals surface area contributed by atoms with Gasteiger partial charge in [0.05, 0.1) is 18.5 Å². The number of ether oxygens (including phenoxy) is 2. The van der Waals surface area contributed by atoms with E-state index in [1.165, 1.54) is 12.1 Å². The van der Waals surface area contributed by atoms with Crippen LogP contribution >= 0.6 is 0 Å². The monoisotopic (exact) mass is 846 g/mol. The van der Waals surface area contributed by atoms with Crippen molar-refractivity contribution in [2.45, 2.75) is 92.5 Å². The van der Waals surface area contributed by atoms with E-state index in [0.717, 1.165) is 87.9 Å². The predicted octanol–water partition coefficient (Wildman–Crippen LogP) is 12.9. The van der Waals surface area contributed by atoms with E-state index in [1.807, 2.05) is 75.4 Å². The molecule has 13 heteroatoms. The lowest BCUT2D eigenvalue weighted by Gasteiger charge is -2.19. The summed E-state index contributed by atoms with van der Waals surface area (Å²) < 4.78 is 91.8. The van der Waals surface area contributed by atoms with Gasteiger partial charge in [0, 0.05) is 63.5 Å². The van der Waals surface area contributed by atoms with Gasteiger partial charge in [-0.05, 0) is 80.0 Å². The van der Waals surface area contributed by atoms with E-state index in [-0.39, 0.29) is 28.6 Å². The Labute approximate surface area is 350 Å². The number of carbonyl (C=O) groups excluding carboxylic acids is 2. The fourth-order valence-corrected chi connectivity index (χ4v) is 8.05. The van der Waals surface area contributed by atoms with Crippen LogP contribution < -0.4 is 9.47 Å². The average Bonchev–Trinajstić information content (AvgIpc) is 3.50. The summed E-state index contributed by atoms with van der Waals surface area (Å²) >= 11 is 0. The highest BCUT2D eigenvalue weighted by Gasteiger charge is 2.30. The van der Waals surface area contributed by atoms with Crippen molar-refractivity contribution >= 4 is 50.0 Å². The number of halogens is 6. The number of fused-ring (bicyclic) bond motifs is 5. The maximum atomic E-state index is 14.7. The first-order chi connectivity index (χ1) is 28.9. The topological polar surface area (TPSA) is 79.1 Å². The van der Waals surface area contributed by atoms with E-state index in [4.69, 9.17) is 14.3 Å². The maximum absolute atomic E-state index is 14.7. The Morgan fingerprint density at radius 2 is 1.48 bits per heavy atom. The molecular formula is C48H48F6N2O5. The number of hydrogen-bond donors (Lipinski definition) is 0. The molecule has 1 heterocycles. The third-order valence-corrected chi connectivity index (χ3v) is 10.8. The number of aromatic nitrogens is 1. The molecule has 6 aromatic rings. The number of rotatable bonds is 16. The van der Waals surface area contributed by atoms with E-state index >= 15 is 0 Å². The van der Waals surface area contributed by atoms with Crippen LogP contribution in [-0.4, -0.2) is 47.6 Å². The first kappa shape index (κ1) is 44.7. The van der Waals surface area contributed by atoms with Crippen molar-refractivity contribution in [1.82, 2.24) is 4.57 Å². The lowest BCUT2D eigenvalue weighted by atomic mass is 9.89. The third-order valence-electron chi connectivity index (χ3n) is 10.8. The predicted molar refractivity (Wildman–Crippen MR) is 226 cm³/mol. The van der Waals surface area contributed by atoms with Gasteiger partial charge in [0.2, 0.25) is 0 Å². The summed E-state index contributed by atoms with van der Waals surface area (Å²) in [5.41, 5.74) is 5.96. The fourth-order valence-electron chi connectivity index (χ4n) is 8.05. The minimum absolute atomic E-state index is 0.0307. The first-order valence-electron chi connectivity index (χ1n) is 20.3. The van der Waals surface area contributed by atoms with Gasteiger partial charge >= 0.3 is 18.3 Å². The molecular weight excluding hydrogens is 799 g/mol. The number of hydrogen-bond acceptors (Lipinski definition) is 6. The maximum Gasteiger partial charge on any atom is 0.422 e. The molecule has 0 aliphatic carbocycles. The van der Waals surface area contributed by atoms with Gasteiger partial charge < -0.3 is 18.9 Å². The van der Waals surface area contributed by atoms with Gasteiger partial charge in [-0.15, -0.1) is 0 Å². The van der Waals surface area contributed by atoms with Crippen LogP contribution in [0.2, 0.25) is 0 Å². The van der Waals surface area contributed by atoms with Crippen LogP contribution in [0.4, 0.5) is 26.3 Å². The third kappa shape index (κ3) is 10.4. The lowest BCUT2D eigenvalue weighted by molar-refractivity contribution is -0.153. The molecule has 322 valence electrons. The normalized spacial score (nSPS) is 13.0. The van der Waals surface area contributed by atoms with Crippen LogP contribution in [0, 0.1) is 26.7 Å². The standard InChI is InChI=1S/C48H48F6N2O5/c1-7-9-12-32(8-2)26-56-41-18-15-33(44(55-61-31(6)57)37-17-16-34(60-27-48(52,53)54)24-42(37)59-20-19-47(49,50)51)23-38(41)39-25-40(35-13-10-11-14-36(35)45(39)56)46(58)43-29(4)21-28(3)22-30(43)5/h10-11,13-18,21-25,32H,7-9,12,19-20,26-27H2,1-6H3/b55-44+. The van der Waals surface area contributed by atoms with Gasteiger partial charge in [-0.25, -0.2) is 4.79 Å². The summed E-state index contributed by atoms with van der Waals surface area (Å²) in [6, 6.07) is 22.7. The molecule has 7 nitrogen and oxygen atoms in total. The van der Waals surface area contributed by atoms with Crippen LogP contribution in [0.1, 0.15) is 96.6 Å². The second-order valence-electron chi connectivity index (χ2n) is 15.5. The van der Waals surface area contributed by atoms with Crippen LogP contribution in [0.25, 0.3) is 32.6 Å². The zero-order valence-corrected chi connectivity index (χ0v) is 34.9. The van der Waals surface area contributed by atoms with Gasteiger partial charge in [0.1, 0.15) is 17.2 Å². The first-order valence-corrected chi connectivity index (χ1v) is 20.3. The van der Waals surface area contributed by atoms with Gasteiger partial charge in [-0.3, -0.25) is 4.79 Å². The molecule has 0 saturated carbocycles. The van der Waals surface area contributed by atoms with Crippen molar-refractivity contribution < 1.29 is 50.2 Å². The van der Waals surface area contributed by atoms with Crippen LogP contribution in [0.3, 0.4) is 0 Å². The van der Waals surface area contributed by atoms with Gasteiger partial charge in [0.25, 0.3) is 0 Å². The van der Waals surface area contributed by atoms with E-state index < -0.39 is 38.0 Å². The Hall–Kier alpha value is -5.85. The molecule has 0 radical (unpaired) electrons. The van der Waals surface area contributed by atoms with E-state index in [9.17, 15) is 35.9 Å². The quantitative estimate of drug-likeness (QED) is 0.0319. The molecule has 0 fully saturated rings. The molecule has 1 aromatic heterocycles. The molecule has 0 aliphatic rings. The van der Waals surface area contributed by atoms with Gasteiger partial charge in [-0.2, -0.15) is 26.3 Å². The van der Waals surface area contributed by atoms with Crippen molar-refractivity contribution in [3.63, 3.8) is 0 Å². The molecule has 0 spiro atoms. The van der Waals surface area contributed by atoms with E-state index in [0.29, 0.717) is 29.2 Å². The van der Waals surface area contributed by atoms with Crippen molar-refractivity contribution in [3.8, 4) is 11.5 Å². The molecule has 5 aromatic carbocycles. The number of benzene rings is 5. The zero-order chi connectivity index (χ0) is 44.2. The van der Waals surface area contributed by atoms with E-state index in [1.54, 1.807) is 6.07 Å². The number of alkyl halides is 6. The van der Waals surface area contributed by atoms with Gasteiger partial charge in [0.15, 0.2) is 12.4 Å². The summed E-state index contributed by atoms with van der Waals surface area (Å²) in [5, 5.41) is 7.27. The van der Waals surface area contributed by atoms with Crippen molar-refractivity contribution in [3.05, 3.63) is 118 Å². The average molecular weight is 847 g/mol. The number of unbranched alkanes of at least 4 members (excludes halogenated alkanes) is 1. The molecule has 6 rings (SSSR count). The van der Waals surface area contributed by atoms with Crippen LogP contribution in [0.5, 0.6) is 11.5 Å². The number of nitrogens with zero attached hydrogens (tertiary/aromatic N) is 2. The van der Waals surface area contributed by atoms with Crippen molar-refractivity contribution in [2.75, 3.05) is 13.2 Å². The largest absolute Gasteiger partial charge is 0.492 e. The molecule has 0 N–H and O–H groups in total. The zero-order valence-electron chi connectivity index (χ0n) is 34.9. The van der Waals surface area contributed by atoms with Crippen molar-refractivity contribution in [2.24, 2.45) is 11.1 Å². The van der Waals surface area contributed by atoms with Crippen LogP contribution in [-0.2, 0) is 16.2 Å². The summed E-state index contributed by atoms with van der Waals surface area (Å²) in [4.78, 5) is 32.0. The Balaban J connectivity index is 1.62. The molecule has 0 aliphatic heterocycles. The highest BCUT2D eigenvalue weighted by atomic mass is 19.4. The summed E-state index contributed by atoms with van der Waals surface area (Å²) in [6.07, 6.45) is -6.60. The lowest BCUT2D eigenvalue weighted by Crippen LogP contribution is -2.19. The minimum Gasteiger partial charge on any atom is -0.492 e.